The van der Waals surface area contributed by atoms with Crippen molar-refractivity contribution in [2.24, 2.45) is 0 Å². The quantitative estimate of drug-likeness (QED) is 0.825. The van der Waals surface area contributed by atoms with E-state index in [1.165, 1.54) is 0 Å². The van der Waals surface area contributed by atoms with Crippen LogP contribution in [0, 0.1) is 25.2 Å². The fourth-order valence-electron chi connectivity index (χ4n) is 1.41. The highest BCUT2D eigenvalue weighted by Gasteiger charge is 2.11. The van der Waals surface area contributed by atoms with Gasteiger partial charge in [-0.15, -0.1) is 5.10 Å². The molecule has 2 N–H and O–H groups in total. The van der Waals surface area contributed by atoms with E-state index in [1.807, 2.05) is 20.8 Å². The van der Waals surface area contributed by atoms with Gasteiger partial charge in [0.2, 0.25) is 5.91 Å². The number of nitrogens with one attached hydrogen (secondary N) is 2. The van der Waals surface area contributed by atoms with Crippen LogP contribution < -0.4 is 10.6 Å². The first-order chi connectivity index (χ1) is 8.45. The molecule has 18 heavy (non-hydrogen) atoms. The Balaban J connectivity index is 2.78. The third-order valence-corrected chi connectivity index (χ3v) is 2.43. The molecule has 0 bridgehead atoms. The Kier molecular flexibility index (Phi) is 4.60. The van der Waals surface area contributed by atoms with Crippen LogP contribution in [0.3, 0.4) is 0 Å². The van der Waals surface area contributed by atoms with E-state index >= 15 is 0 Å². The van der Waals surface area contributed by atoms with Crippen molar-refractivity contribution in [3.63, 3.8) is 0 Å². The summed E-state index contributed by atoms with van der Waals surface area (Å²) in [6.45, 7) is 7.44. The highest BCUT2D eigenvalue weighted by molar-refractivity contribution is 5.81. The smallest absolute Gasteiger partial charge is 0.239 e. The molecule has 0 aliphatic rings. The summed E-state index contributed by atoms with van der Waals surface area (Å²) in [5, 5.41) is 22.5. The minimum Gasteiger partial charge on any atom is -0.358 e. The van der Waals surface area contributed by atoms with Crippen molar-refractivity contribution >= 4 is 11.7 Å². The summed E-state index contributed by atoms with van der Waals surface area (Å²) in [4.78, 5) is 11.5. The molecule has 1 amide bonds. The molecule has 6 heteroatoms. The molecular weight excluding hydrogens is 230 g/mol. The van der Waals surface area contributed by atoms with Gasteiger partial charge in [-0.1, -0.05) is 0 Å². The predicted molar refractivity (Wildman–Crippen MR) is 68.0 cm³/mol. The Labute approximate surface area is 106 Å². The van der Waals surface area contributed by atoms with Crippen molar-refractivity contribution in [2.75, 3.05) is 11.9 Å². The number of rotatable bonds is 4. The molecule has 0 unspecified atom stereocenters. The Morgan fingerprint density at radius 1 is 1.39 bits per heavy atom. The second-order valence-corrected chi connectivity index (χ2v) is 4.32. The van der Waals surface area contributed by atoms with E-state index in [-0.39, 0.29) is 18.5 Å². The predicted octanol–water partition coefficient (Wildman–Crippen LogP) is 0.902. The highest BCUT2D eigenvalue weighted by Crippen LogP contribution is 2.16. The van der Waals surface area contributed by atoms with E-state index in [1.54, 1.807) is 6.92 Å². The van der Waals surface area contributed by atoms with Crippen LogP contribution in [0.4, 0.5) is 5.82 Å². The summed E-state index contributed by atoms with van der Waals surface area (Å²) < 4.78 is 0. The van der Waals surface area contributed by atoms with E-state index in [2.05, 4.69) is 26.9 Å². The number of carbonyl (C=O) groups is 1. The summed E-state index contributed by atoms with van der Waals surface area (Å²) in [7, 11) is 0. The third kappa shape index (κ3) is 3.42. The van der Waals surface area contributed by atoms with Gasteiger partial charge >= 0.3 is 0 Å². The lowest BCUT2D eigenvalue weighted by Gasteiger charge is -2.11. The monoisotopic (exact) mass is 247 g/mol. The van der Waals surface area contributed by atoms with Crippen molar-refractivity contribution in [1.82, 2.24) is 15.5 Å². The molecule has 6 nitrogen and oxygen atoms in total. The highest BCUT2D eigenvalue weighted by atomic mass is 16.1. The van der Waals surface area contributed by atoms with Gasteiger partial charge in [0.05, 0.1) is 12.2 Å². The molecule has 1 aromatic heterocycles. The molecule has 0 aromatic carbocycles. The standard InChI is InChI=1S/C12H17N5O/c1-7(2)15-11(18)6-14-12-10(5-13)8(3)9(4)16-17-12/h7H,6H2,1-4H3,(H,14,17)(H,15,18). The van der Waals surface area contributed by atoms with Crippen LogP contribution in [0.25, 0.3) is 0 Å². The maximum Gasteiger partial charge on any atom is 0.239 e. The molecule has 1 aromatic rings. The number of nitrogens with zero attached hydrogens (tertiary/aromatic N) is 3. The summed E-state index contributed by atoms with van der Waals surface area (Å²) in [5.74, 6) is 0.202. The Hall–Kier alpha value is -2.16. The van der Waals surface area contributed by atoms with E-state index in [0.29, 0.717) is 17.1 Å². The van der Waals surface area contributed by atoms with Gasteiger partial charge in [-0.2, -0.15) is 10.4 Å². The van der Waals surface area contributed by atoms with E-state index in [9.17, 15) is 4.79 Å². The first kappa shape index (κ1) is 13.9. The van der Waals surface area contributed by atoms with Crippen LogP contribution in [0.2, 0.25) is 0 Å². The van der Waals surface area contributed by atoms with Gasteiger partial charge in [-0.05, 0) is 33.3 Å². The van der Waals surface area contributed by atoms with Gasteiger partial charge in [0.1, 0.15) is 11.6 Å². The maximum absolute atomic E-state index is 11.5. The molecule has 96 valence electrons. The lowest BCUT2D eigenvalue weighted by atomic mass is 10.1. The lowest BCUT2D eigenvalue weighted by molar-refractivity contribution is -0.119. The zero-order chi connectivity index (χ0) is 13.7. The number of amides is 1. The molecule has 0 saturated heterocycles. The Bertz CT molecular complexity index is 490. The fraction of sp³-hybridized carbons (Fsp3) is 0.500. The van der Waals surface area contributed by atoms with Gasteiger partial charge in [0.15, 0.2) is 5.82 Å². The molecule has 0 aliphatic heterocycles. The first-order valence-corrected chi connectivity index (χ1v) is 5.73. The third-order valence-electron chi connectivity index (χ3n) is 2.43. The normalized spacial score (nSPS) is 10.0. The largest absolute Gasteiger partial charge is 0.358 e. The van der Waals surface area contributed by atoms with Gasteiger partial charge in [0.25, 0.3) is 0 Å². The van der Waals surface area contributed by atoms with Crippen LogP contribution in [0.5, 0.6) is 0 Å². The van der Waals surface area contributed by atoms with Gasteiger partial charge in [-0.25, -0.2) is 0 Å². The van der Waals surface area contributed by atoms with Crippen molar-refractivity contribution in [1.29, 1.82) is 5.26 Å². The minimum absolute atomic E-state index is 0.0735. The Morgan fingerprint density at radius 3 is 2.61 bits per heavy atom. The number of carbonyl (C=O) groups excluding carboxylic acids is 1. The van der Waals surface area contributed by atoms with Crippen LogP contribution in [-0.2, 0) is 4.79 Å². The molecule has 0 radical (unpaired) electrons. The van der Waals surface area contributed by atoms with Crippen molar-refractivity contribution in [3.05, 3.63) is 16.8 Å². The number of anilines is 1. The number of aromatic nitrogens is 2. The van der Waals surface area contributed by atoms with Crippen molar-refractivity contribution in [3.8, 4) is 6.07 Å². The SMILES string of the molecule is Cc1nnc(NCC(=O)NC(C)C)c(C#N)c1C. The summed E-state index contributed by atoms with van der Waals surface area (Å²) >= 11 is 0. The number of hydrogen-bond donors (Lipinski definition) is 2. The van der Waals surface area contributed by atoms with Crippen LogP contribution in [0.1, 0.15) is 30.7 Å². The molecule has 0 saturated carbocycles. The lowest BCUT2D eigenvalue weighted by Crippen LogP contribution is -2.35. The van der Waals surface area contributed by atoms with Gasteiger partial charge in [0, 0.05) is 6.04 Å². The van der Waals surface area contributed by atoms with Crippen molar-refractivity contribution in [2.45, 2.75) is 33.7 Å². The second kappa shape index (κ2) is 5.96. The van der Waals surface area contributed by atoms with Crippen LogP contribution in [0.15, 0.2) is 0 Å². The fourth-order valence-corrected chi connectivity index (χ4v) is 1.41. The van der Waals surface area contributed by atoms with E-state index in [0.717, 1.165) is 5.56 Å². The average Bonchev–Trinajstić information content (AvgIpc) is 2.29. The Morgan fingerprint density at radius 2 is 2.06 bits per heavy atom. The molecule has 0 fully saturated rings. The molecular formula is C12H17N5O. The summed E-state index contributed by atoms with van der Waals surface area (Å²) in [5.41, 5.74) is 1.92. The molecule has 1 heterocycles. The maximum atomic E-state index is 11.5. The first-order valence-electron chi connectivity index (χ1n) is 5.73. The average molecular weight is 247 g/mol. The second-order valence-electron chi connectivity index (χ2n) is 4.32. The molecule has 0 spiro atoms. The number of nitriles is 1. The van der Waals surface area contributed by atoms with Gasteiger partial charge < -0.3 is 10.6 Å². The van der Waals surface area contributed by atoms with E-state index in [4.69, 9.17) is 5.26 Å². The topological polar surface area (TPSA) is 90.7 Å². The molecule has 1 rings (SSSR count). The molecule has 0 aliphatic carbocycles. The van der Waals surface area contributed by atoms with Crippen molar-refractivity contribution < 1.29 is 4.79 Å². The minimum atomic E-state index is -0.145. The zero-order valence-corrected chi connectivity index (χ0v) is 11.0. The molecule has 0 atom stereocenters. The van der Waals surface area contributed by atoms with E-state index < -0.39 is 0 Å². The zero-order valence-electron chi connectivity index (χ0n) is 11.0. The summed E-state index contributed by atoms with van der Waals surface area (Å²) in [6.07, 6.45) is 0. The van der Waals surface area contributed by atoms with Crippen LogP contribution >= 0.6 is 0 Å². The number of hydrogen-bond acceptors (Lipinski definition) is 5. The van der Waals surface area contributed by atoms with Crippen LogP contribution in [-0.4, -0.2) is 28.7 Å². The number of aryl methyl sites for hydroxylation is 1. The summed E-state index contributed by atoms with van der Waals surface area (Å²) in [6, 6.07) is 2.16. The van der Waals surface area contributed by atoms with Gasteiger partial charge in [-0.3, -0.25) is 4.79 Å².